The Labute approximate surface area is 192 Å². The van der Waals surface area contributed by atoms with Crippen LogP contribution in [0.1, 0.15) is 19.4 Å². The lowest BCUT2D eigenvalue weighted by Crippen LogP contribution is -2.49. The van der Waals surface area contributed by atoms with Crippen LogP contribution in [0.15, 0.2) is 53.1 Å². The maximum absolute atomic E-state index is 10.9. The molecule has 0 radical (unpaired) electrons. The van der Waals surface area contributed by atoms with E-state index in [2.05, 4.69) is 10.1 Å². The summed E-state index contributed by atoms with van der Waals surface area (Å²) in [5.74, 6) is 0.979. The van der Waals surface area contributed by atoms with Crippen LogP contribution in [0.4, 0.5) is 11.5 Å². The summed E-state index contributed by atoms with van der Waals surface area (Å²) in [7, 11) is 1.93. The number of benzene rings is 2. The summed E-state index contributed by atoms with van der Waals surface area (Å²) in [5, 5.41) is 13.7. The molecule has 2 aromatic carbocycles. The van der Waals surface area contributed by atoms with Gasteiger partial charge in [-0.2, -0.15) is 0 Å². The number of rotatable bonds is 8. The van der Waals surface area contributed by atoms with Gasteiger partial charge in [0.2, 0.25) is 0 Å². The van der Waals surface area contributed by atoms with Gasteiger partial charge in [0.15, 0.2) is 11.6 Å². The molecule has 0 spiro atoms. The highest BCUT2D eigenvalue weighted by Crippen LogP contribution is 2.33. The topological polar surface area (TPSA) is 79.0 Å². The molecule has 7 nitrogen and oxygen atoms in total. The van der Waals surface area contributed by atoms with Gasteiger partial charge in [0.25, 0.3) is 0 Å². The van der Waals surface area contributed by atoms with Crippen molar-refractivity contribution in [2.45, 2.75) is 26.5 Å². The van der Waals surface area contributed by atoms with Gasteiger partial charge < -0.3 is 19.3 Å². The molecule has 32 heavy (non-hydrogen) atoms. The maximum Gasteiger partial charge on any atom is 0.309 e. The van der Waals surface area contributed by atoms with Crippen LogP contribution in [0, 0.1) is 5.92 Å². The second-order valence-electron chi connectivity index (χ2n) is 8.32. The Balaban J connectivity index is 1.41. The van der Waals surface area contributed by atoms with E-state index in [1.54, 1.807) is 0 Å². The molecule has 0 amide bonds. The molecule has 0 atom stereocenters. The Morgan fingerprint density at radius 3 is 2.59 bits per heavy atom. The predicted molar refractivity (Wildman–Crippen MR) is 124 cm³/mol. The van der Waals surface area contributed by atoms with Crippen molar-refractivity contribution in [3.63, 3.8) is 0 Å². The van der Waals surface area contributed by atoms with E-state index in [0.29, 0.717) is 35.4 Å². The minimum atomic E-state index is -0.715. The number of hydrogen-bond acceptors (Lipinski definition) is 6. The number of carboxylic acids is 1. The summed E-state index contributed by atoms with van der Waals surface area (Å²) >= 11 is 6.35. The normalized spacial score (nSPS) is 14.4. The minimum Gasteiger partial charge on any atom is -0.489 e. The first-order chi connectivity index (χ1) is 15.3. The molecule has 1 aliphatic heterocycles. The van der Waals surface area contributed by atoms with E-state index in [-0.39, 0.29) is 12.0 Å². The maximum atomic E-state index is 10.9. The first-order valence-corrected chi connectivity index (χ1v) is 10.9. The van der Waals surface area contributed by atoms with Crippen molar-refractivity contribution < 1.29 is 19.2 Å². The lowest BCUT2D eigenvalue weighted by atomic mass is 9.99. The largest absolute Gasteiger partial charge is 0.489 e. The fourth-order valence-electron chi connectivity index (χ4n) is 3.63. The van der Waals surface area contributed by atoms with Crippen LogP contribution < -0.4 is 9.64 Å². The quantitative estimate of drug-likeness (QED) is 0.508. The SMILES string of the molecule is CC(C)Oc1ccc(-c2cc(N(C)c3ccc(CN4CC(C(=O)O)C4)cc3)no2)cc1Cl. The number of carboxylic acid groups (broad SMARTS) is 1. The number of ether oxygens (including phenoxy) is 1. The average molecular weight is 456 g/mol. The molecule has 8 heteroatoms. The Bertz CT molecular complexity index is 1090. The third-order valence-corrected chi connectivity index (χ3v) is 5.75. The van der Waals surface area contributed by atoms with Crippen molar-refractivity contribution in [3.05, 3.63) is 59.1 Å². The molecule has 2 heterocycles. The second-order valence-corrected chi connectivity index (χ2v) is 8.72. The van der Waals surface area contributed by atoms with Gasteiger partial charge in [0.1, 0.15) is 5.75 Å². The van der Waals surface area contributed by atoms with Gasteiger partial charge >= 0.3 is 5.97 Å². The number of anilines is 2. The number of aromatic nitrogens is 1. The van der Waals surface area contributed by atoms with Gasteiger partial charge in [-0.3, -0.25) is 9.69 Å². The van der Waals surface area contributed by atoms with Crippen molar-refractivity contribution in [1.29, 1.82) is 0 Å². The lowest BCUT2D eigenvalue weighted by Gasteiger charge is -2.36. The van der Waals surface area contributed by atoms with Crippen LogP contribution in [0.3, 0.4) is 0 Å². The fourth-order valence-corrected chi connectivity index (χ4v) is 3.86. The third-order valence-electron chi connectivity index (χ3n) is 5.46. The highest BCUT2D eigenvalue weighted by molar-refractivity contribution is 6.32. The Morgan fingerprint density at radius 1 is 1.25 bits per heavy atom. The molecule has 0 aliphatic carbocycles. The monoisotopic (exact) mass is 455 g/mol. The van der Waals surface area contributed by atoms with Gasteiger partial charge in [-0.15, -0.1) is 0 Å². The van der Waals surface area contributed by atoms with Crippen molar-refractivity contribution in [2.24, 2.45) is 5.92 Å². The minimum absolute atomic E-state index is 0.0443. The first kappa shape index (κ1) is 22.2. The standard InChI is InChI=1S/C24H26ClN3O4/c1-15(2)31-21-9-6-17(10-20(21)25)22-11-23(26-32-22)27(3)19-7-4-16(5-8-19)12-28-13-18(14-28)24(29)30/h4-11,15,18H,12-14H2,1-3H3,(H,29,30). The van der Waals surface area contributed by atoms with E-state index in [9.17, 15) is 4.79 Å². The summed E-state index contributed by atoms with van der Waals surface area (Å²) in [6, 6.07) is 15.5. The molecule has 168 valence electrons. The lowest BCUT2D eigenvalue weighted by molar-refractivity contribution is -0.147. The smallest absolute Gasteiger partial charge is 0.309 e. The number of likely N-dealkylation sites (tertiary alicyclic amines) is 1. The highest BCUT2D eigenvalue weighted by Gasteiger charge is 2.32. The van der Waals surface area contributed by atoms with Crippen molar-refractivity contribution >= 4 is 29.1 Å². The van der Waals surface area contributed by atoms with Crippen molar-refractivity contribution in [1.82, 2.24) is 10.1 Å². The molecule has 4 rings (SSSR count). The number of nitrogens with zero attached hydrogens (tertiary/aromatic N) is 3. The Hall–Kier alpha value is -3.03. The summed E-state index contributed by atoms with van der Waals surface area (Å²) < 4.78 is 11.2. The summed E-state index contributed by atoms with van der Waals surface area (Å²) in [6.45, 7) is 5.87. The van der Waals surface area contributed by atoms with Gasteiger partial charge in [0, 0.05) is 44.0 Å². The molecule has 1 fully saturated rings. The van der Waals surface area contributed by atoms with Gasteiger partial charge in [-0.25, -0.2) is 0 Å². The van der Waals surface area contributed by atoms with E-state index in [0.717, 1.165) is 23.4 Å². The molecule has 1 N–H and O–H groups in total. The highest BCUT2D eigenvalue weighted by atomic mass is 35.5. The zero-order valence-corrected chi connectivity index (χ0v) is 19.0. The molecule has 0 bridgehead atoms. The van der Waals surface area contributed by atoms with E-state index in [1.165, 1.54) is 0 Å². The average Bonchev–Trinajstić information content (AvgIpc) is 3.21. The van der Waals surface area contributed by atoms with Gasteiger partial charge in [-0.05, 0) is 49.7 Å². The number of hydrogen-bond donors (Lipinski definition) is 1. The molecule has 1 aliphatic rings. The van der Waals surface area contributed by atoms with Gasteiger partial charge in [-0.1, -0.05) is 28.9 Å². The zero-order valence-electron chi connectivity index (χ0n) is 18.3. The van der Waals surface area contributed by atoms with E-state index < -0.39 is 5.97 Å². The Kier molecular flexibility index (Phi) is 6.39. The third kappa shape index (κ3) is 4.89. The molecule has 1 saturated heterocycles. The summed E-state index contributed by atoms with van der Waals surface area (Å²) in [4.78, 5) is 15.0. The van der Waals surface area contributed by atoms with Crippen molar-refractivity contribution in [3.8, 4) is 17.1 Å². The second kappa shape index (κ2) is 9.22. The predicted octanol–water partition coefficient (Wildman–Crippen LogP) is 5.07. The van der Waals surface area contributed by atoms with Crippen LogP contribution in [0.2, 0.25) is 5.02 Å². The van der Waals surface area contributed by atoms with Crippen LogP contribution in [0.5, 0.6) is 5.75 Å². The molecule has 0 unspecified atom stereocenters. The molecular formula is C24H26ClN3O4. The number of aliphatic carboxylic acids is 1. The summed E-state index contributed by atoms with van der Waals surface area (Å²) in [6.07, 6.45) is 0.0443. The van der Waals surface area contributed by atoms with Crippen LogP contribution >= 0.6 is 11.6 Å². The van der Waals surface area contributed by atoms with Crippen LogP contribution in [-0.2, 0) is 11.3 Å². The van der Waals surface area contributed by atoms with Gasteiger partial charge in [0.05, 0.1) is 17.0 Å². The van der Waals surface area contributed by atoms with E-state index >= 15 is 0 Å². The van der Waals surface area contributed by atoms with Crippen molar-refractivity contribution in [2.75, 3.05) is 25.0 Å². The van der Waals surface area contributed by atoms with E-state index in [4.69, 9.17) is 26.0 Å². The molecule has 0 saturated carbocycles. The molecular weight excluding hydrogens is 430 g/mol. The Morgan fingerprint density at radius 2 is 1.97 bits per heavy atom. The fraction of sp³-hybridized carbons (Fsp3) is 0.333. The van der Waals surface area contributed by atoms with Crippen LogP contribution in [0.25, 0.3) is 11.3 Å². The number of halogens is 1. The van der Waals surface area contributed by atoms with Crippen LogP contribution in [-0.4, -0.2) is 47.4 Å². The van der Waals surface area contributed by atoms with E-state index in [1.807, 2.05) is 74.3 Å². The number of carbonyl (C=O) groups is 1. The summed E-state index contributed by atoms with van der Waals surface area (Å²) in [5.41, 5.74) is 2.94. The molecule has 1 aromatic heterocycles. The molecule has 3 aromatic rings. The zero-order chi connectivity index (χ0) is 22.8. The first-order valence-electron chi connectivity index (χ1n) is 10.5.